The van der Waals surface area contributed by atoms with Crippen molar-refractivity contribution in [3.05, 3.63) is 20.8 Å². The number of rotatable bonds is 5. The molecule has 2 N–H and O–H groups in total. The molecule has 0 aromatic carbocycles. The lowest BCUT2D eigenvalue weighted by Crippen LogP contribution is -2.42. The fourth-order valence-corrected chi connectivity index (χ4v) is 2.84. The number of nitrogens with zero attached hydrogens (tertiary/aromatic N) is 1. The summed E-state index contributed by atoms with van der Waals surface area (Å²) in [5, 5.41) is 2.19. The van der Waals surface area contributed by atoms with Crippen molar-refractivity contribution < 1.29 is 0 Å². The number of nitrogens with two attached hydrogens (primary N) is 1. The second kappa shape index (κ2) is 5.63. The third-order valence-corrected chi connectivity index (χ3v) is 4.54. The minimum absolute atomic E-state index is 0.155. The topological polar surface area (TPSA) is 29.3 Å². The molecular weight excluding hydrogens is 284 g/mol. The molecule has 4 heteroatoms. The highest BCUT2D eigenvalue weighted by Crippen LogP contribution is 2.24. The van der Waals surface area contributed by atoms with Crippen LogP contribution in [0, 0.1) is 5.41 Å². The van der Waals surface area contributed by atoms with Crippen LogP contribution in [0.1, 0.15) is 26.3 Å². The zero-order valence-corrected chi connectivity index (χ0v) is 12.9. The van der Waals surface area contributed by atoms with Crippen LogP contribution < -0.4 is 5.73 Å². The molecule has 0 saturated heterocycles. The summed E-state index contributed by atoms with van der Waals surface area (Å²) in [6.07, 6.45) is 0. The number of halogens is 1. The van der Waals surface area contributed by atoms with Gasteiger partial charge in [0.2, 0.25) is 0 Å². The molecule has 92 valence electrons. The molecule has 1 heterocycles. The van der Waals surface area contributed by atoms with Gasteiger partial charge in [-0.15, -0.1) is 11.3 Å². The normalized spacial score (nSPS) is 14.4. The molecule has 1 atom stereocenters. The molecular formula is C12H21BrN2S. The van der Waals surface area contributed by atoms with Crippen LogP contribution in [0.4, 0.5) is 0 Å². The predicted molar refractivity (Wildman–Crippen MR) is 75.8 cm³/mol. The van der Waals surface area contributed by atoms with E-state index in [4.69, 9.17) is 5.73 Å². The van der Waals surface area contributed by atoms with Crippen molar-refractivity contribution in [3.63, 3.8) is 0 Å². The lowest BCUT2D eigenvalue weighted by Gasteiger charge is -2.33. The molecule has 1 aromatic heterocycles. The lowest BCUT2D eigenvalue weighted by atomic mass is 9.85. The predicted octanol–water partition coefficient (Wildman–Crippen LogP) is 3.32. The molecule has 0 radical (unpaired) electrons. The molecule has 2 nitrogen and oxygen atoms in total. The molecule has 0 saturated carbocycles. The van der Waals surface area contributed by atoms with Gasteiger partial charge < -0.3 is 10.6 Å². The van der Waals surface area contributed by atoms with Gasteiger partial charge in [-0.3, -0.25) is 0 Å². The fraction of sp³-hybridized carbons (Fsp3) is 0.667. The maximum atomic E-state index is 5.98. The van der Waals surface area contributed by atoms with Crippen LogP contribution >= 0.6 is 27.3 Å². The average Bonchev–Trinajstić information content (AvgIpc) is 2.49. The Labute approximate surface area is 111 Å². The van der Waals surface area contributed by atoms with Gasteiger partial charge in [0.05, 0.1) is 3.79 Å². The van der Waals surface area contributed by atoms with Gasteiger partial charge in [-0.25, -0.2) is 0 Å². The number of hydrogen-bond acceptors (Lipinski definition) is 3. The van der Waals surface area contributed by atoms with Crippen molar-refractivity contribution in [2.24, 2.45) is 11.1 Å². The standard InChI is InChI=1S/C12H21BrN2S/c1-9(14)12(2,3)8-15(4)6-10-5-11(13)16-7-10/h5,7,9H,6,8,14H2,1-4H3. The second-order valence-corrected chi connectivity index (χ2v) is 7.50. The molecule has 0 spiro atoms. The lowest BCUT2D eigenvalue weighted by molar-refractivity contribution is 0.178. The van der Waals surface area contributed by atoms with E-state index in [0.29, 0.717) is 0 Å². The molecule has 0 aliphatic rings. The maximum absolute atomic E-state index is 5.98. The fourth-order valence-electron chi connectivity index (χ4n) is 1.64. The Hall–Kier alpha value is 0.100. The van der Waals surface area contributed by atoms with Gasteiger partial charge in [-0.2, -0.15) is 0 Å². The number of hydrogen-bond donors (Lipinski definition) is 1. The van der Waals surface area contributed by atoms with Crippen molar-refractivity contribution in [1.29, 1.82) is 0 Å². The summed E-state index contributed by atoms with van der Waals surface area (Å²) in [7, 11) is 2.15. The quantitative estimate of drug-likeness (QED) is 0.904. The molecule has 16 heavy (non-hydrogen) atoms. The van der Waals surface area contributed by atoms with Gasteiger partial charge in [0.25, 0.3) is 0 Å². The Morgan fingerprint density at radius 1 is 1.56 bits per heavy atom. The summed E-state index contributed by atoms with van der Waals surface area (Å²) < 4.78 is 1.20. The van der Waals surface area contributed by atoms with E-state index < -0.39 is 0 Å². The highest BCUT2D eigenvalue weighted by atomic mass is 79.9. The van der Waals surface area contributed by atoms with E-state index in [9.17, 15) is 0 Å². The molecule has 1 rings (SSSR count). The van der Waals surface area contributed by atoms with E-state index in [-0.39, 0.29) is 11.5 Å². The second-order valence-electron chi connectivity index (χ2n) is 5.21. The van der Waals surface area contributed by atoms with Crippen molar-refractivity contribution in [2.45, 2.75) is 33.4 Å². The minimum atomic E-state index is 0.155. The SMILES string of the molecule is CC(N)C(C)(C)CN(C)Cc1csc(Br)c1. The van der Waals surface area contributed by atoms with E-state index in [2.05, 4.69) is 60.1 Å². The summed E-state index contributed by atoms with van der Waals surface area (Å²) in [4.78, 5) is 2.33. The molecule has 0 fully saturated rings. The molecule has 1 unspecified atom stereocenters. The van der Waals surface area contributed by atoms with E-state index in [1.165, 1.54) is 9.35 Å². The Balaban J connectivity index is 2.50. The monoisotopic (exact) mass is 304 g/mol. The third-order valence-electron chi connectivity index (χ3n) is 2.98. The Kier molecular flexibility index (Phi) is 4.98. The largest absolute Gasteiger partial charge is 0.327 e. The van der Waals surface area contributed by atoms with Crippen LogP contribution in [0.2, 0.25) is 0 Å². The highest BCUT2D eigenvalue weighted by Gasteiger charge is 2.24. The number of thiophene rings is 1. The molecule has 0 bridgehead atoms. The van der Waals surface area contributed by atoms with Crippen molar-refractivity contribution in [3.8, 4) is 0 Å². The Morgan fingerprint density at radius 3 is 2.62 bits per heavy atom. The maximum Gasteiger partial charge on any atom is 0.0701 e. The Morgan fingerprint density at radius 2 is 2.19 bits per heavy atom. The molecule has 0 aliphatic carbocycles. The first-order valence-electron chi connectivity index (χ1n) is 5.48. The van der Waals surface area contributed by atoms with Gasteiger partial charge in [0, 0.05) is 19.1 Å². The van der Waals surface area contributed by atoms with Crippen molar-refractivity contribution in [1.82, 2.24) is 4.90 Å². The first kappa shape index (κ1) is 14.2. The highest BCUT2D eigenvalue weighted by molar-refractivity contribution is 9.11. The Bertz CT molecular complexity index is 334. The zero-order valence-electron chi connectivity index (χ0n) is 10.5. The molecule has 0 aliphatic heterocycles. The molecule has 1 aromatic rings. The zero-order chi connectivity index (χ0) is 12.3. The van der Waals surface area contributed by atoms with Crippen LogP contribution in [0.3, 0.4) is 0 Å². The van der Waals surface area contributed by atoms with Gasteiger partial charge >= 0.3 is 0 Å². The van der Waals surface area contributed by atoms with Gasteiger partial charge in [0.15, 0.2) is 0 Å². The van der Waals surface area contributed by atoms with E-state index in [1.807, 2.05) is 0 Å². The first-order valence-corrected chi connectivity index (χ1v) is 7.15. The van der Waals surface area contributed by atoms with Crippen LogP contribution in [0.15, 0.2) is 15.2 Å². The average molecular weight is 305 g/mol. The third kappa shape index (κ3) is 4.17. The van der Waals surface area contributed by atoms with Crippen LogP contribution in [-0.4, -0.2) is 24.5 Å². The van der Waals surface area contributed by atoms with Crippen LogP contribution in [0.25, 0.3) is 0 Å². The van der Waals surface area contributed by atoms with E-state index >= 15 is 0 Å². The van der Waals surface area contributed by atoms with Crippen molar-refractivity contribution >= 4 is 27.3 Å². The van der Waals surface area contributed by atoms with Crippen LogP contribution in [0.5, 0.6) is 0 Å². The van der Waals surface area contributed by atoms with Gasteiger partial charge in [-0.1, -0.05) is 13.8 Å². The summed E-state index contributed by atoms with van der Waals surface area (Å²) in [6, 6.07) is 2.39. The smallest absolute Gasteiger partial charge is 0.0701 e. The summed E-state index contributed by atoms with van der Waals surface area (Å²) in [6.45, 7) is 8.51. The minimum Gasteiger partial charge on any atom is -0.327 e. The van der Waals surface area contributed by atoms with E-state index in [0.717, 1.165) is 13.1 Å². The van der Waals surface area contributed by atoms with Gasteiger partial charge in [0.1, 0.15) is 0 Å². The van der Waals surface area contributed by atoms with E-state index in [1.54, 1.807) is 11.3 Å². The van der Waals surface area contributed by atoms with Gasteiger partial charge in [-0.05, 0) is 52.3 Å². The summed E-state index contributed by atoms with van der Waals surface area (Å²) in [5.74, 6) is 0. The summed E-state index contributed by atoms with van der Waals surface area (Å²) >= 11 is 5.22. The molecule has 0 amide bonds. The first-order chi connectivity index (χ1) is 7.31. The van der Waals surface area contributed by atoms with Crippen molar-refractivity contribution in [2.75, 3.05) is 13.6 Å². The summed E-state index contributed by atoms with van der Waals surface area (Å²) in [5.41, 5.74) is 7.50. The van der Waals surface area contributed by atoms with Crippen LogP contribution in [-0.2, 0) is 6.54 Å².